The molecule has 0 saturated carbocycles. The number of carboxylic acids is 1. The van der Waals surface area contributed by atoms with Gasteiger partial charge in [-0.25, -0.2) is 4.79 Å². The van der Waals surface area contributed by atoms with Gasteiger partial charge in [-0.1, -0.05) is 18.2 Å². The number of carboxylic acid groups (broad SMARTS) is 1. The summed E-state index contributed by atoms with van der Waals surface area (Å²) in [4.78, 5) is 10.2. The van der Waals surface area contributed by atoms with Gasteiger partial charge in [0.1, 0.15) is 5.75 Å². The summed E-state index contributed by atoms with van der Waals surface area (Å²) in [7, 11) is 1.61. The van der Waals surface area contributed by atoms with Crippen LogP contribution in [0, 0.1) is 0 Å². The van der Waals surface area contributed by atoms with Gasteiger partial charge in [-0.3, -0.25) is 0 Å². The van der Waals surface area contributed by atoms with E-state index in [-0.39, 0.29) is 0 Å². The highest BCUT2D eigenvalue weighted by Gasteiger charge is 1.92. The van der Waals surface area contributed by atoms with Crippen molar-refractivity contribution in [2.24, 2.45) is 0 Å². The highest BCUT2D eigenvalue weighted by atomic mass is 16.5. The van der Waals surface area contributed by atoms with Crippen molar-refractivity contribution in [1.82, 2.24) is 0 Å². The lowest BCUT2D eigenvalue weighted by Crippen LogP contribution is -1.88. The van der Waals surface area contributed by atoms with E-state index >= 15 is 0 Å². The molecule has 0 amide bonds. The van der Waals surface area contributed by atoms with Crippen LogP contribution < -0.4 is 4.74 Å². The van der Waals surface area contributed by atoms with Crippen molar-refractivity contribution in [3.63, 3.8) is 0 Å². The van der Waals surface area contributed by atoms with Gasteiger partial charge < -0.3 is 9.84 Å². The number of carbonyl (C=O) groups is 1. The number of ether oxygens (including phenoxy) is 1. The zero-order valence-electron chi connectivity index (χ0n) is 7.93. The SMILES string of the molecule is COc1ccc(C/C=C/C(=O)O)cc1. The maximum Gasteiger partial charge on any atom is 0.327 e. The van der Waals surface area contributed by atoms with E-state index in [0.717, 1.165) is 17.4 Å². The van der Waals surface area contributed by atoms with Gasteiger partial charge in [0.15, 0.2) is 0 Å². The van der Waals surface area contributed by atoms with E-state index in [1.165, 1.54) is 0 Å². The van der Waals surface area contributed by atoms with Gasteiger partial charge in [0.05, 0.1) is 7.11 Å². The molecule has 1 aromatic carbocycles. The van der Waals surface area contributed by atoms with Crippen LogP contribution in [0.15, 0.2) is 36.4 Å². The first-order valence-corrected chi connectivity index (χ1v) is 4.25. The molecule has 3 nitrogen and oxygen atoms in total. The number of benzene rings is 1. The lowest BCUT2D eigenvalue weighted by molar-refractivity contribution is -0.131. The van der Waals surface area contributed by atoms with E-state index in [1.807, 2.05) is 24.3 Å². The van der Waals surface area contributed by atoms with E-state index < -0.39 is 5.97 Å². The summed E-state index contributed by atoms with van der Waals surface area (Å²) >= 11 is 0. The highest BCUT2D eigenvalue weighted by molar-refractivity contribution is 5.79. The molecule has 1 rings (SSSR count). The fourth-order valence-corrected chi connectivity index (χ4v) is 1.06. The molecule has 74 valence electrons. The summed E-state index contributed by atoms with van der Waals surface area (Å²) in [6, 6.07) is 7.52. The lowest BCUT2D eigenvalue weighted by Gasteiger charge is -2.00. The molecule has 0 radical (unpaired) electrons. The molecule has 1 aromatic rings. The smallest absolute Gasteiger partial charge is 0.327 e. The van der Waals surface area contributed by atoms with Crippen molar-refractivity contribution < 1.29 is 14.6 Å². The van der Waals surface area contributed by atoms with E-state index in [2.05, 4.69) is 0 Å². The second-order valence-corrected chi connectivity index (χ2v) is 2.79. The number of methoxy groups -OCH3 is 1. The van der Waals surface area contributed by atoms with Crippen molar-refractivity contribution in [1.29, 1.82) is 0 Å². The van der Waals surface area contributed by atoms with Crippen molar-refractivity contribution in [3.8, 4) is 5.75 Å². The molecule has 3 heteroatoms. The summed E-state index contributed by atoms with van der Waals surface area (Å²) in [5.74, 6) is -0.116. The molecule has 0 fully saturated rings. The van der Waals surface area contributed by atoms with Gasteiger partial charge in [0.25, 0.3) is 0 Å². The van der Waals surface area contributed by atoms with Gasteiger partial charge >= 0.3 is 5.97 Å². The van der Waals surface area contributed by atoms with Crippen LogP contribution in [0.2, 0.25) is 0 Å². The maximum atomic E-state index is 10.2. The average molecular weight is 192 g/mol. The summed E-state index contributed by atoms with van der Waals surface area (Å²) in [6.07, 6.45) is 3.38. The van der Waals surface area contributed by atoms with Crippen LogP contribution in [-0.4, -0.2) is 18.2 Å². The molecule has 0 aromatic heterocycles. The molecule has 0 unspecified atom stereocenters. The predicted octanol–water partition coefficient (Wildman–Crippen LogP) is 1.88. The van der Waals surface area contributed by atoms with Crippen LogP contribution in [0.25, 0.3) is 0 Å². The zero-order valence-corrected chi connectivity index (χ0v) is 7.93. The van der Waals surface area contributed by atoms with Crippen LogP contribution >= 0.6 is 0 Å². The molecule has 0 aliphatic rings. The summed E-state index contributed by atoms with van der Waals surface area (Å²) in [5.41, 5.74) is 1.06. The van der Waals surface area contributed by atoms with Gasteiger partial charge in [-0.2, -0.15) is 0 Å². The van der Waals surface area contributed by atoms with Crippen molar-refractivity contribution in [2.75, 3.05) is 7.11 Å². The van der Waals surface area contributed by atoms with Gasteiger partial charge in [-0.05, 0) is 24.1 Å². The zero-order chi connectivity index (χ0) is 10.4. The summed E-state index contributed by atoms with van der Waals surface area (Å²) in [5, 5.41) is 8.37. The molecule has 1 N–H and O–H groups in total. The van der Waals surface area contributed by atoms with E-state index in [1.54, 1.807) is 13.2 Å². The first-order chi connectivity index (χ1) is 6.72. The number of rotatable bonds is 4. The Bertz CT molecular complexity index is 325. The maximum absolute atomic E-state index is 10.2. The third-order valence-electron chi connectivity index (χ3n) is 1.77. The fourth-order valence-electron chi connectivity index (χ4n) is 1.06. The van der Waals surface area contributed by atoms with Crippen LogP contribution in [0.4, 0.5) is 0 Å². The van der Waals surface area contributed by atoms with E-state index in [9.17, 15) is 4.79 Å². The average Bonchev–Trinajstić information content (AvgIpc) is 2.18. The predicted molar refractivity (Wildman–Crippen MR) is 53.5 cm³/mol. The molecule has 0 heterocycles. The van der Waals surface area contributed by atoms with Crippen LogP contribution in [0.1, 0.15) is 5.56 Å². The Morgan fingerprint density at radius 3 is 2.57 bits per heavy atom. The third-order valence-corrected chi connectivity index (χ3v) is 1.77. The lowest BCUT2D eigenvalue weighted by atomic mass is 10.1. The second-order valence-electron chi connectivity index (χ2n) is 2.79. The van der Waals surface area contributed by atoms with Gasteiger partial charge in [-0.15, -0.1) is 0 Å². The molecular weight excluding hydrogens is 180 g/mol. The molecule has 0 aliphatic heterocycles. The van der Waals surface area contributed by atoms with Crippen molar-refractivity contribution in [2.45, 2.75) is 6.42 Å². The highest BCUT2D eigenvalue weighted by Crippen LogP contribution is 2.11. The Labute approximate surface area is 82.6 Å². The summed E-state index contributed by atoms with van der Waals surface area (Å²) in [6.45, 7) is 0. The molecule has 0 saturated heterocycles. The quantitative estimate of drug-likeness (QED) is 0.741. The van der Waals surface area contributed by atoms with Crippen LogP contribution in [0.3, 0.4) is 0 Å². The minimum atomic E-state index is -0.918. The number of allylic oxidation sites excluding steroid dienone is 1. The second kappa shape index (κ2) is 5.07. The first kappa shape index (κ1) is 10.3. The fraction of sp³-hybridized carbons (Fsp3) is 0.182. The summed E-state index contributed by atoms with van der Waals surface area (Å²) < 4.78 is 5.00. The minimum absolute atomic E-state index is 0.621. The molecule has 0 aliphatic carbocycles. The Hall–Kier alpha value is -1.77. The largest absolute Gasteiger partial charge is 0.497 e. The van der Waals surface area contributed by atoms with Crippen LogP contribution in [0.5, 0.6) is 5.75 Å². The molecule has 14 heavy (non-hydrogen) atoms. The molecular formula is C11H12O3. The van der Waals surface area contributed by atoms with Gasteiger partial charge in [0, 0.05) is 6.08 Å². The van der Waals surface area contributed by atoms with Crippen LogP contribution in [-0.2, 0) is 11.2 Å². The molecule has 0 atom stereocenters. The Morgan fingerprint density at radius 1 is 1.43 bits per heavy atom. The number of hydrogen-bond donors (Lipinski definition) is 1. The van der Waals surface area contributed by atoms with Gasteiger partial charge in [0.2, 0.25) is 0 Å². The topological polar surface area (TPSA) is 46.5 Å². The normalized spacial score (nSPS) is 10.4. The Morgan fingerprint density at radius 2 is 2.07 bits per heavy atom. The minimum Gasteiger partial charge on any atom is -0.497 e. The van der Waals surface area contributed by atoms with E-state index in [4.69, 9.17) is 9.84 Å². The monoisotopic (exact) mass is 192 g/mol. The molecule has 0 spiro atoms. The third kappa shape index (κ3) is 3.31. The Balaban J connectivity index is 2.56. The number of aliphatic carboxylic acids is 1. The van der Waals surface area contributed by atoms with E-state index in [0.29, 0.717) is 6.42 Å². The standard InChI is InChI=1S/C11H12O3/c1-14-10-7-5-9(6-8-10)3-2-4-11(12)13/h2,4-8H,3H2,1H3,(H,12,13)/b4-2+. The first-order valence-electron chi connectivity index (χ1n) is 4.25. The Kier molecular flexibility index (Phi) is 3.73. The van der Waals surface area contributed by atoms with Crippen molar-refractivity contribution in [3.05, 3.63) is 42.0 Å². The number of hydrogen-bond acceptors (Lipinski definition) is 2. The molecule has 0 bridgehead atoms. The van der Waals surface area contributed by atoms with Crippen molar-refractivity contribution >= 4 is 5.97 Å².